The van der Waals surface area contributed by atoms with Crippen molar-refractivity contribution < 1.29 is 14.6 Å². The van der Waals surface area contributed by atoms with Crippen LogP contribution in [0.5, 0.6) is 5.75 Å². The molecule has 0 spiro atoms. The first-order valence-electron chi connectivity index (χ1n) is 7.31. The zero-order valence-corrected chi connectivity index (χ0v) is 14.1. The molecule has 2 aromatic rings. The molecule has 23 heavy (non-hydrogen) atoms. The second-order valence-corrected chi connectivity index (χ2v) is 5.79. The number of aryl methyl sites for hydroxylation is 2. The van der Waals surface area contributed by atoms with Crippen molar-refractivity contribution in [3.63, 3.8) is 0 Å². The van der Waals surface area contributed by atoms with Gasteiger partial charge in [0.1, 0.15) is 12.4 Å². The van der Waals surface area contributed by atoms with Crippen LogP contribution < -0.4 is 10.1 Å². The average molecular weight is 334 g/mol. The van der Waals surface area contributed by atoms with Gasteiger partial charge in [-0.15, -0.1) is 0 Å². The number of hydrogen-bond donors (Lipinski definition) is 2. The molecule has 1 amide bonds. The van der Waals surface area contributed by atoms with Crippen LogP contribution in [0.1, 0.15) is 28.4 Å². The van der Waals surface area contributed by atoms with Crippen LogP contribution in [0.4, 0.5) is 0 Å². The van der Waals surface area contributed by atoms with Gasteiger partial charge in [-0.1, -0.05) is 35.9 Å². The molecule has 5 heteroatoms. The van der Waals surface area contributed by atoms with Crippen molar-refractivity contribution in [3.8, 4) is 5.75 Å². The van der Waals surface area contributed by atoms with Crippen LogP contribution in [0.2, 0.25) is 5.02 Å². The number of ether oxygens (including phenoxy) is 1. The standard InChI is InChI=1S/C18H20ClNO3/c1-11-7-8-12(2)15(9-11)23-10-13-5-4-6-14(19)16(13)17(21)18(22)20-3/h4-9,17,21H,10H2,1-3H3,(H,20,22). The van der Waals surface area contributed by atoms with Crippen LogP contribution >= 0.6 is 11.6 Å². The van der Waals surface area contributed by atoms with Gasteiger partial charge in [-0.25, -0.2) is 0 Å². The van der Waals surface area contributed by atoms with Crippen molar-refractivity contribution in [2.24, 2.45) is 0 Å². The molecule has 2 N–H and O–H groups in total. The molecule has 1 unspecified atom stereocenters. The van der Waals surface area contributed by atoms with E-state index in [-0.39, 0.29) is 6.61 Å². The smallest absolute Gasteiger partial charge is 0.253 e. The van der Waals surface area contributed by atoms with Gasteiger partial charge in [0.15, 0.2) is 6.10 Å². The van der Waals surface area contributed by atoms with Crippen molar-refractivity contribution in [1.29, 1.82) is 0 Å². The van der Waals surface area contributed by atoms with Gasteiger partial charge in [0.05, 0.1) is 0 Å². The number of aliphatic hydroxyl groups is 1. The van der Waals surface area contributed by atoms with E-state index in [2.05, 4.69) is 5.32 Å². The first kappa shape index (κ1) is 17.3. The van der Waals surface area contributed by atoms with Gasteiger partial charge < -0.3 is 15.2 Å². The molecule has 0 radical (unpaired) electrons. The molecule has 1 atom stereocenters. The maximum absolute atomic E-state index is 11.7. The van der Waals surface area contributed by atoms with Crippen molar-refractivity contribution in [3.05, 3.63) is 63.7 Å². The zero-order valence-electron chi connectivity index (χ0n) is 13.4. The van der Waals surface area contributed by atoms with Gasteiger partial charge >= 0.3 is 0 Å². The molecule has 0 aliphatic heterocycles. The Kier molecular flexibility index (Phi) is 5.64. The zero-order chi connectivity index (χ0) is 17.0. The monoisotopic (exact) mass is 333 g/mol. The van der Waals surface area contributed by atoms with Crippen LogP contribution in [-0.2, 0) is 11.4 Å². The Balaban J connectivity index is 2.28. The molecule has 0 heterocycles. The third kappa shape index (κ3) is 4.03. The fraction of sp³-hybridized carbons (Fsp3) is 0.278. The molecule has 0 aliphatic carbocycles. The van der Waals surface area contributed by atoms with Crippen molar-refractivity contribution in [2.75, 3.05) is 7.05 Å². The largest absolute Gasteiger partial charge is 0.489 e. The number of carbonyl (C=O) groups is 1. The number of aliphatic hydroxyl groups excluding tert-OH is 1. The van der Waals surface area contributed by atoms with Crippen molar-refractivity contribution in [2.45, 2.75) is 26.6 Å². The van der Waals surface area contributed by atoms with Crippen LogP contribution in [0, 0.1) is 13.8 Å². The number of amides is 1. The Morgan fingerprint density at radius 3 is 2.74 bits per heavy atom. The minimum atomic E-state index is -1.33. The van der Waals surface area contributed by atoms with E-state index >= 15 is 0 Å². The summed E-state index contributed by atoms with van der Waals surface area (Å²) in [6, 6.07) is 11.2. The summed E-state index contributed by atoms with van der Waals surface area (Å²) in [4.78, 5) is 11.7. The number of benzene rings is 2. The lowest BCUT2D eigenvalue weighted by molar-refractivity contribution is -0.129. The Bertz CT molecular complexity index is 715. The van der Waals surface area contributed by atoms with E-state index in [4.69, 9.17) is 16.3 Å². The van der Waals surface area contributed by atoms with Crippen LogP contribution in [0.15, 0.2) is 36.4 Å². The van der Waals surface area contributed by atoms with Crippen LogP contribution in [-0.4, -0.2) is 18.1 Å². The summed E-state index contributed by atoms with van der Waals surface area (Å²) in [7, 11) is 1.47. The number of carbonyl (C=O) groups excluding carboxylic acids is 1. The lowest BCUT2D eigenvalue weighted by Gasteiger charge is -2.17. The maximum atomic E-state index is 11.7. The lowest BCUT2D eigenvalue weighted by atomic mass is 10.0. The van der Waals surface area contributed by atoms with Gasteiger partial charge in [0, 0.05) is 17.6 Å². The fourth-order valence-corrected chi connectivity index (χ4v) is 2.60. The first-order chi connectivity index (χ1) is 10.9. The second kappa shape index (κ2) is 7.49. The first-order valence-corrected chi connectivity index (χ1v) is 7.69. The molecule has 0 saturated carbocycles. The summed E-state index contributed by atoms with van der Waals surface area (Å²) < 4.78 is 5.86. The van der Waals surface area contributed by atoms with Gasteiger partial charge in [-0.2, -0.15) is 0 Å². The third-order valence-corrected chi connectivity index (χ3v) is 3.97. The van der Waals surface area contributed by atoms with Gasteiger partial charge in [-0.05, 0) is 42.7 Å². The molecular formula is C18H20ClNO3. The number of nitrogens with one attached hydrogen (secondary N) is 1. The molecule has 0 bridgehead atoms. The maximum Gasteiger partial charge on any atom is 0.253 e. The predicted octanol–water partition coefficient (Wildman–Crippen LogP) is 3.32. The van der Waals surface area contributed by atoms with Gasteiger partial charge in [0.2, 0.25) is 0 Å². The van der Waals surface area contributed by atoms with Crippen molar-refractivity contribution >= 4 is 17.5 Å². The Labute approximate surface area is 141 Å². The summed E-state index contributed by atoms with van der Waals surface area (Å²) in [5.41, 5.74) is 3.17. The molecule has 0 aromatic heterocycles. The predicted molar refractivity (Wildman–Crippen MR) is 90.7 cm³/mol. The Hall–Kier alpha value is -2.04. The van der Waals surface area contributed by atoms with E-state index in [1.165, 1.54) is 7.05 Å². The lowest BCUT2D eigenvalue weighted by Crippen LogP contribution is -2.26. The SMILES string of the molecule is CNC(=O)C(O)c1c(Cl)cccc1COc1cc(C)ccc1C. The van der Waals surface area contributed by atoms with E-state index < -0.39 is 12.0 Å². The quantitative estimate of drug-likeness (QED) is 0.882. The molecule has 0 saturated heterocycles. The van der Waals surface area contributed by atoms with E-state index in [1.807, 2.05) is 32.0 Å². The molecule has 2 rings (SSSR count). The van der Waals surface area contributed by atoms with Gasteiger partial charge in [0.25, 0.3) is 5.91 Å². The summed E-state index contributed by atoms with van der Waals surface area (Å²) in [6.45, 7) is 4.17. The van der Waals surface area contributed by atoms with E-state index in [9.17, 15) is 9.90 Å². The minimum absolute atomic E-state index is 0.217. The van der Waals surface area contributed by atoms with E-state index in [0.717, 1.165) is 16.9 Å². The summed E-state index contributed by atoms with van der Waals surface area (Å²) in [5, 5.41) is 13.0. The highest BCUT2D eigenvalue weighted by atomic mass is 35.5. The highest BCUT2D eigenvalue weighted by Crippen LogP contribution is 2.29. The highest BCUT2D eigenvalue weighted by Gasteiger charge is 2.22. The van der Waals surface area contributed by atoms with E-state index in [0.29, 0.717) is 16.1 Å². The molecule has 0 aliphatic rings. The highest BCUT2D eigenvalue weighted by molar-refractivity contribution is 6.31. The molecule has 2 aromatic carbocycles. The Morgan fingerprint density at radius 1 is 1.30 bits per heavy atom. The Morgan fingerprint density at radius 2 is 2.04 bits per heavy atom. The average Bonchev–Trinajstić information content (AvgIpc) is 2.54. The number of halogens is 1. The molecule has 4 nitrogen and oxygen atoms in total. The van der Waals surface area contributed by atoms with Crippen molar-refractivity contribution in [1.82, 2.24) is 5.32 Å². The summed E-state index contributed by atoms with van der Waals surface area (Å²) >= 11 is 6.17. The topological polar surface area (TPSA) is 58.6 Å². The van der Waals surface area contributed by atoms with Gasteiger partial charge in [-0.3, -0.25) is 4.79 Å². The summed E-state index contributed by atoms with van der Waals surface area (Å²) in [5.74, 6) is 0.261. The normalized spacial score (nSPS) is 11.9. The minimum Gasteiger partial charge on any atom is -0.489 e. The fourth-order valence-electron chi connectivity index (χ4n) is 2.30. The van der Waals surface area contributed by atoms with Crippen LogP contribution in [0.25, 0.3) is 0 Å². The summed E-state index contributed by atoms with van der Waals surface area (Å²) in [6.07, 6.45) is -1.33. The van der Waals surface area contributed by atoms with E-state index in [1.54, 1.807) is 18.2 Å². The molecule has 122 valence electrons. The molecule has 0 fully saturated rings. The number of likely N-dealkylation sites (N-methyl/N-ethyl adjacent to an activating group) is 1. The number of rotatable bonds is 5. The molecular weight excluding hydrogens is 314 g/mol. The number of hydrogen-bond acceptors (Lipinski definition) is 3. The second-order valence-electron chi connectivity index (χ2n) is 5.39. The third-order valence-electron chi connectivity index (χ3n) is 3.64. The van der Waals surface area contributed by atoms with Crippen LogP contribution in [0.3, 0.4) is 0 Å².